The molecule has 0 saturated heterocycles. The fourth-order valence-corrected chi connectivity index (χ4v) is 4.38. The topological polar surface area (TPSA) is 52.6 Å². The highest BCUT2D eigenvalue weighted by molar-refractivity contribution is 9.12. The summed E-state index contributed by atoms with van der Waals surface area (Å²) in [6, 6.07) is 0. The summed E-state index contributed by atoms with van der Waals surface area (Å²) in [6.45, 7) is 9.66. The first-order chi connectivity index (χ1) is 12.1. The molecule has 4 nitrogen and oxygen atoms in total. The molecular weight excluding hydrogens is 396 g/mol. The molecule has 1 atom stereocenters. The Morgan fingerprint density at radius 3 is 2.38 bits per heavy atom. The van der Waals surface area contributed by atoms with E-state index in [1.807, 2.05) is 26.8 Å². The molecule has 1 saturated carbocycles. The number of hydrogen-bond acceptors (Lipinski definition) is 4. The highest BCUT2D eigenvalue weighted by atomic mass is 79.9. The van der Waals surface area contributed by atoms with Crippen LogP contribution in [0.25, 0.3) is 0 Å². The molecule has 0 radical (unpaired) electrons. The van der Waals surface area contributed by atoms with Gasteiger partial charge in [0.25, 0.3) is 0 Å². The highest BCUT2D eigenvalue weighted by Crippen LogP contribution is 2.44. The summed E-state index contributed by atoms with van der Waals surface area (Å²) < 4.78 is 11.3. The molecule has 2 rings (SSSR count). The predicted molar refractivity (Wildman–Crippen MR) is 106 cm³/mol. The first-order valence-corrected chi connectivity index (χ1v) is 10.0. The van der Waals surface area contributed by atoms with Gasteiger partial charge in [0.05, 0.1) is 13.5 Å². The van der Waals surface area contributed by atoms with E-state index in [2.05, 4.69) is 22.5 Å². The van der Waals surface area contributed by atoms with Crippen LogP contribution in [0.5, 0.6) is 0 Å². The first kappa shape index (κ1) is 20.9. The van der Waals surface area contributed by atoms with Gasteiger partial charge in [-0.3, -0.25) is 4.79 Å². The third-order valence-electron chi connectivity index (χ3n) is 4.90. The Morgan fingerprint density at radius 1 is 1.23 bits per heavy atom. The van der Waals surface area contributed by atoms with Crippen molar-refractivity contribution in [1.82, 2.24) is 0 Å². The van der Waals surface area contributed by atoms with Gasteiger partial charge in [-0.15, -0.1) is 0 Å². The molecule has 144 valence electrons. The molecule has 1 unspecified atom stereocenters. The lowest BCUT2D eigenvalue weighted by Crippen LogP contribution is -2.29. The van der Waals surface area contributed by atoms with Crippen molar-refractivity contribution in [3.05, 3.63) is 33.9 Å². The summed E-state index contributed by atoms with van der Waals surface area (Å²) in [4.78, 5) is 24.7. The van der Waals surface area contributed by atoms with Gasteiger partial charge in [0, 0.05) is 16.0 Å². The van der Waals surface area contributed by atoms with E-state index in [0.29, 0.717) is 11.5 Å². The third kappa shape index (κ3) is 5.09. The van der Waals surface area contributed by atoms with Gasteiger partial charge in [-0.2, -0.15) is 0 Å². The van der Waals surface area contributed by atoms with E-state index >= 15 is 0 Å². The van der Waals surface area contributed by atoms with Gasteiger partial charge in [0.15, 0.2) is 0 Å². The van der Waals surface area contributed by atoms with Crippen LogP contribution in [0.1, 0.15) is 59.3 Å². The number of rotatable bonds is 4. The predicted octanol–water partition coefficient (Wildman–Crippen LogP) is 5.23. The second-order valence-electron chi connectivity index (χ2n) is 8.06. The average Bonchev–Trinajstić information content (AvgIpc) is 2.57. The van der Waals surface area contributed by atoms with E-state index in [0.717, 1.165) is 28.5 Å². The van der Waals surface area contributed by atoms with Gasteiger partial charge in [-0.25, -0.2) is 4.79 Å². The quantitative estimate of drug-likeness (QED) is 0.579. The lowest BCUT2D eigenvalue weighted by Gasteiger charge is -2.32. The van der Waals surface area contributed by atoms with Crippen molar-refractivity contribution in [3.8, 4) is 0 Å². The van der Waals surface area contributed by atoms with Gasteiger partial charge in [-0.1, -0.05) is 41.8 Å². The molecule has 0 aromatic rings. The number of esters is 2. The van der Waals surface area contributed by atoms with Crippen molar-refractivity contribution >= 4 is 27.9 Å². The number of allylic oxidation sites excluding steroid dienone is 4. The van der Waals surface area contributed by atoms with Crippen LogP contribution in [-0.4, -0.2) is 24.6 Å². The van der Waals surface area contributed by atoms with Crippen molar-refractivity contribution in [2.24, 2.45) is 11.8 Å². The number of carbonyl (C=O) groups excluding carboxylic acids is 2. The number of ether oxygens (including phenoxy) is 2. The lowest BCUT2D eigenvalue weighted by atomic mass is 9.76. The molecule has 0 aromatic heterocycles. The van der Waals surface area contributed by atoms with Crippen LogP contribution in [0.3, 0.4) is 0 Å². The van der Waals surface area contributed by atoms with E-state index in [1.165, 1.54) is 26.4 Å². The molecule has 0 N–H and O–H groups in total. The molecule has 5 heteroatoms. The summed E-state index contributed by atoms with van der Waals surface area (Å²) in [5, 5.41) is 0. The molecule has 0 heterocycles. The monoisotopic (exact) mass is 424 g/mol. The molecule has 0 amide bonds. The first-order valence-electron chi connectivity index (χ1n) is 9.24. The summed E-state index contributed by atoms with van der Waals surface area (Å²) in [6.07, 6.45) is 7.86. The van der Waals surface area contributed by atoms with Gasteiger partial charge in [0.1, 0.15) is 5.60 Å². The molecule has 26 heavy (non-hydrogen) atoms. The van der Waals surface area contributed by atoms with Crippen LogP contribution in [0.2, 0.25) is 0 Å². The molecule has 1 fully saturated rings. The van der Waals surface area contributed by atoms with E-state index in [1.54, 1.807) is 0 Å². The minimum Gasteiger partial charge on any atom is -0.466 e. The Bertz CT molecular complexity index is 645. The van der Waals surface area contributed by atoms with Crippen LogP contribution in [0.15, 0.2) is 33.9 Å². The van der Waals surface area contributed by atoms with Crippen LogP contribution < -0.4 is 0 Å². The Hall–Kier alpha value is -1.36. The second kappa shape index (κ2) is 8.55. The van der Waals surface area contributed by atoms with Crippen molar-refractivity contribution in [3.63, 3.8) is 0 Å². The molecule has 2 aliphatic rings. The van der Waals surface area contributed by atoms with E-state index in [-0.39, 0.29) is 12.4 Å². The van der Waals surface area contributed by atoms with Crippen molar-refractivity contribution in [1.29, 1.82) is 0 Å². The zero-order chi connectivity index (χ0) is 19.5. The summed E-state index contributed by atoms with van der Waals surface area (Å²) >= 11 is 3.68. The molecule has 2 aliphatic carbocycles. The smallest absolute Gasteiger partial charge is 0.334 e. The van der Waals surface area contributed by atoms with E-state index in [4.69, 9.17) is 9.47 Å². The normalized spacial score (nSPS) is 22.1. The largest absolute Gasteiger partial charge is 0.466 e. The van der Waals surface area contributed by atoms with Crippen molar-refractivity contribution in [2.45, 2.75) is 64.9 Å². The van der Waals surface area contributed by atoms with E-state index in [9.17, 15) is 9.59 Å². The summed E-state index contributed by atoms with van der Waals surface area (Å²) in [7, 11) is 1.37. The summed E-state index contributed by atoms with van der Waals surface area (Å²) in [5.41, 5.74) is 1.78. The number of methoxy groups -OCH3 is 1. The summed E-state index contributed by atoms with van der Waals surface area (Å²) in [5.74, 6) is -0.774. The Kier molecular flexibility index (Phi) is 6.89. The number of hydrogen-bond donors (Lipinski definition) is 0. The maximum atomic E-state index is 12.4. The molecule has 0 aromatic carbocycles. The zero-order valence-electron chi connectivity index (χ0n) is 16.2. The number of halogens is 1. The van der Waals surface area contributed by atoms with E-state index < -0.39 is 17.5 Å². The van der Waals surface area contributed by atoms with Crippen LogP contribution in [0.4, 0.5) is 0 Å². The Balaban J connectivity index is 2.31. The van der Waals surface area contributed by atoms with Gasteiger partial charge in [-0.05, 0) is 56.8 Å². The third-order valence-corrected chi connectivity index (χ3v) is 5.87. The Labute approximate surface area is 164 Å². The van der Waals surface area contributed by atoms with Crippen LogP contribution >= 0.6 is 15.9 Å². The SMILES string of the molecule is C=C1C(Br)=C(C2CCCCC2)C=C(C(=O)OC)C1CC(=O)OC(C)(C)C. The lowest BCUT2D eigenvalue weighted by molar-refractivity contribution is -0.155. The van der Waals surface area contributed by atoms with Crippen molar-refractivity contribution in [2.75, 3.05) is 7.11 Å². The molecule has 0 bridgehead atoms. The highest BCUT2D eigenvalue weighted by Gasteiger charge is 2.35. The second-order valence-corrected chi connectivity index (χ2v) is 8.86. The fourth-order valence-electron chi connectivity index (χ4n) is 3.67. The maximum absolute atomic E-state index is 12.4. The minimum absolute atomic E-state index is 0.0735. The zero-order valence-corrected chi connectivity index (χ0v) is 17.8. The van der Waals surface area contributed by atoms with Gasteiger partial charge in [0.2, 0.25) is 0 Å². The average molecular weight is 425 g/mol. The molecule has 0 aliphatic heterocycles. The van der Waals surface area contributed by atoms with Gasteiger partial charge >= 0.3 is 11.9 Å². The molecule has 0 spiro atoms. The van der Waals surface area contributed by atoms with Gasteiger partial charge < -0.3 is 9.47 Å². The number of carbonyl (C=O) groups is 2. The minimum atomic E-state index is -0.567. The molecular formula is C21H29BrO4. The van der Waals surface area contributed by atoms with Crippen LogP contribution in [-0.2, 0) is 19.1 Å². The maximum Gasteiger partial charge on any atom is 0.334 e. The van der Waals surface area contributed by atoms with Crippen molar-refractivity contribution < 1.29 is 19.1 Å². The standard InChI is InChI=1S/C21H29BrO4/c1-13-15(12-18(23)26-21(2,3)4)17(20(24)25-5)11-16(19(13)22)14-9-7-6-8-10-14/h11,14-15H,1,6-10,12H2,2-5H3. The van der Waals surface area contributed by atoms with Crippen LogP contribution in [0, 0.1) is 11.8 Å². The Morgan fingerprint density at radius 2 is 1.85 bits per heavy atom. The fraction of sp³-hybridized carbons (Fsp3) is 0.619.